The molecule has 0 radical (unpaired) electrons. The van der Waals surface area contributed by atoms with E-state index in [1.807, 2.05) is 0 Å². The Morgan fingerprint density at radius 3 is 2.29 bits per heavy atom. The minimum absolute atomic E-state index is 0.138. The van der Waals surface area contributed by atoms with E-state index >= 15 is 0 Å². The van der Waals surface area contributed by atoms with Gasteiger partial charge >= 0.3 is 5.97 Å². The number of halogens is 1. The van der Waals surface area contributed by atoms with Crippen molar-refractivity contribution in [3.05, 3.63) is 20.5 Å². The highest BCUT2D eigenvalue weighted by Crippen LogP contribution is 2.26. The van der Waals surface area contributed by atoms with Crippen LogP contribution in [0, 0.1) is 5.92 Å². The maximum absolute atomic E-state index is 11.3. The van der Waals surface area contributed by atoms with Crippen molar-refractivity contribution in [3.8, 4) is 0 Å². The van der Waals surface area contributed by atoms with Crippen LogP contribution >= 0.6 is 15.9 Å². The van der Waals surface area contributed by atoms with Gasteiger partial charge in [0.15, 0.2) is 0 Å². The highest BCUT2D eigenvalue weighted by Gasteiger charge is 2.29. The lowest BCUT2D eigenvalue weighted by Crippen LogP contribution is -2.23. The summed E-state index contributed by atoms with van der Waals surface area (Å²) in [6.07, 6.45) is 0. The van der Waals surface area contributed by atoms with Crippen molar-refractivity contribution in [3.63, 3.8) is 0 Å². The van der Waals surface area contributed by atoms with Gasteiger partial charge in [0.1, 0.15) is 4.60 Å². The van der Waals surface area contributed by atoms with Crippen molar-refractivity contribution >= 4 is 21.9 Å². The van der Waals surface area contributed by atoms with Gasteiger partial charge in [-0.3, -0.25) is 19.8 Å². The number of aromatic amines is 2. The zero-order valence-corrected chi connectivity index (χ0v) is 9.38. The number of H-pyrrole nitrogens is 2. The number of nitrogens with one attached hydrogen (secondary N) is 2. The van der Waals surface area contributed by atoms with E-state index < -0.39 is 17.4 Å². The first-order valence-electron chi connectivity index (χ1n) is 4.14. The van der Waals surface area contributed by atoms with Crippen molar-refractivity contribution in [2.45, 2.75) is 19.8 Å². The summed E-state index contributed by atoms with van der Waals surface area (Å²) in [5, 5.41) is 13.9. The highest BCUT2D eigenvalue weighted by atomic mass is 79.9. The Labute approximate surface area is 88.6 Å². The van der Waals surface area contributed by atoms with Gasteiger partial charge in [0.2, 0.25) is 0 Å². The molecule has 1 heterocycles. The molecule has 0 aliphatic heterocycles. The molecule has 0 spiro atoms. The predicted octanol–water partition coefficient (Wildman–Crippen LogP) is 1.29. The lowest BCUT2D eigenvalue weighted by Gasteiger charge is -2.13. The molecule has 0 saturated heterocycles. The number of aliphatic carboxylic acids is 1. The van der Waals surface area contributed by atoms with E-state index in [-0.39, 0.29) is 11.5 Å². The van der Waals surface area contributed by atoms with Gasteiger partial charge in [0.25, 0.3) is 5.56 Å². The normalized spacial score (nSPS) is 13.1. The van der Waals surface area contributed by atoms with Gasteiger partial charge in [-0.2, -0.15) is 0 Å². The fraction of sp³-hybridized carbons (Fsp3) is 0.500. The summed E-state index contributed by atoms with van der Waals surface area (Å²) < 4.78 is 0.406. The number of carboxylic acids is 1. The molecule has 1 atom stereocenters. The number of hydrogen-bond acceptors (Lipinski definition) is 2. The Hall–Kier alpha value is -1.04. The summed E-state index contributed by atoms with van der Waals surface area (Å²) in [5.74, 6) is -1.93. The van der Waals surface area contributed by atoms with E-state index in [2.05, 4.69) is 26.1 Å². The van der Waals surface area contributed by atoms with Gasteiger partial charge in [-0.1, -0.05) is 13.8 Å². The fourth-order valence-corrected chi connectivity index (χ4v) is 1.89. The van der Waals surface area contributed by atoms with Crippen molar-refractivity contribution < 1.29 is 9.90 Å². The van der Waals surface area contributed by atoms with Crippen LogP contribution in [0.4, 0.5) is 0 Å². The zero-order chi connectivity index (χ0) is 10.9. The molecular weight excluding hydrogens is 252 g/mol. The van der Waals surface area contributed by atoms with Crippen LogP contribution in [0.15, 0.2) is 9.40 Å². The molecule has 1 aromatic rings. The molecular formula is C8H11BrN2O3. The summed E-state index contributed by atoms with van der Waals surface area (Å²) in [5.41, 5.74) is -0.148. The van der Waals surface area contributed by atoms with Gasteiger partial charge in [-0.25, -0.2) is 0 Å². The fourth-order valence-electron chi connectivity index (χ4n) is 1.37. The lowest BCUT2D eigenvalue weighted by molar-refractivity contribution is -0.139. The molecule has 1 unspecified atom stereocenters. The smallest absolute Gasteiger partial charge is 0.311 e. The second kappa shape index (κ2) is 4.00. The molecule has 5 nitrogen and oxygen atoms in total. The first-order chi connectivity index (χ1) is 6.45. The van der Waals surface area contributed by atoms with Crippen molar-refractivity contribution in [2.24, 2.45) is 5.92 Å². The molecule has 1 aromatic heterocycles. The minimum atomic E-state index is -0.995. The number of rotatable bonds is 3. The summed E-state index contributed by atoms with van der Waals surface area (Å²) in [6.45, 7) is 3.52. The minimum Gasteiger partial charge on any atom is -0.481 e. The van der Waals surface area contributed by atoms with Crippen LogP contribution in [0.2, 0.25) is 0 Å². The van der Waals surface area contributed by atoms with E-state index in [1.165, 1.54) is 0 Å². The molecule has 0 aliphatic carbocycles. The summed E-state index contributed by atoms with van der Waals surface area (Å²) >= 11 is 3.10. The summed E-state index contributed by atoms with van der Waals surface area (Å²) in [7, 11) is 0. The lowest BCUT2D eigenvalue weighted by atomic mass is 9.90. The van der Waals surface area contributed by atoms with Gasteiger partial charge in [-0.05, 0) is 21.8 Å². The van der Waals surface area contributed by atoms with Crippen LogP contribution < -0.4 is 5.56 Å². The molecule has 6 heteroatoms. The van der Waals surface area contributed by atoms with E-state index in [4.69, 9.17) is 5.11 Å². The van der Waals surface area contributed by atoms with Gasteiger partial charge in [-0.15, -0.1) is 0 Å². The Morgan fingerprint density at radius 1 is 1.43 bits per heavy atom. The van der Waals surface area contributed by atoms with Gasteiger partial charge < -0.3 is 5.11 Å². The maximum atomic E-state index is 11.3. The van der Waals surface area contributed by atoms with Crippen molar-refractivity contribution in [2.75, 3.05) is 0 Å². The van der Waals surface area contributed by atoms with Crippen LogP contribution in [-0.2, 0) is 4.79 Å². The molecule has 78 valence electrons. The average molecular weight is 263 g/mol. The van der Waals surface area contributed by atoms with E-state index in [9.17, 15) is 9.59 Å². The Bertz CT molecular complexity index is 394. The van der Waals surface area contributed by atoms with E-state index in [0.29, 0.717) is 4.60 Å². The number of aromatic nitrogens is 2. The van der Waals surface area contributed by atoms with Crippen LogP contribution in [0.1, 0.15) is 25.3 Å². The SMILES string of the molecule is CC(C)C(C(=O)O)c1c(Br)[nH][nH]c1=O. The third kappa shape index (κ3) is 1.89. The highest BCUT2D eigenvalue weighted by molar-refractivity contribution is 9.10. The molecule has 0 amide bonds. The van der Waals surface area contributed by atoms with Gasteiger partial charge in [0.05, 0.1) is 11.5 Å². The molecule has 3 N–H and O–H groups in total. The molecule has 0 saturated carbocycles. The summed E-state index contributed by atoms with van der Waals surface area (Å²) in [4.78, 5) is 22.3. The molecule has 1 rings (SSSR count). The number of carbonyl (C=O) groups is 1. The Morgan fingerprint density at radius 2 is 2.00 bits per heavy atom. The third-order valence-electron chi connectivity index (χ3n) is 2.01. The van der Waals surface area contributed by atoms with Crippen LogP contribution in [0.25, 0.3) is 0 Å². The summed E-state index contributed by atoms with van der Waals surface area (Å²) in [6, 6.07) is 0. The van der Waals surface area contributed by atoms with E-state index in [0.717, 1.165) is 0 Å². The van der Waals surface area contributed by atoms with Crippen LogP contribution in [0.5, 0.6) is 0 Å². The molecule has 0 aromatic carbocycles. The molecule has 0 aliphatic rings. The Kier molecular flexibility index (Phi) is 3.15. The van der Waals surface area contributed by atoms with Crippen molar-refractivity contribution in [1.82, 2.24) is 10.2 Å². The van der Waals surface area contributed by atoms with Gasteiger partial charge in [0, 0.05) is 0 Å². The first-order valence-corrected chi connectivity index (χ1v) is 4.93. The quantitative estimate of drug-likeness (QED) is 0.768. The topological polar surface area (TPSA) is 85.9 Å². The standard InChI is InChI=1S/C8H11BrN2O3/c1-3(2)4(8(13)14)5-6(9)10-11-7(5)12/h3-4H,1-2H3,(H,13,14)(H2,10,11,12). The molecule has 0 bridgehead atoms. The third-order valence-corrected chi connectivity index (χ3v) is 2.64. The molecule has 0 fully saturated rings. The second-order valence-corrected chi connectivity index (χ2v) is 4.16. The predicted molar refractivity (Wildman–Crippen MR) is 54.3 cm³/mol. The number of hydrogen-bond donors (Lipinski definition) is 3. The molecule has 14 heavy (non-hydrogen) atoms. The largest absolute Gasteiger partial charge is 0.481 e. The Balaban J connectivity index is 3.24. The monoisotopic (exact) mass is 262 g/mol. The van der Waals surface area contributed by atoms with Crippen LogP contribution in [0.3, 0.4) is 0 Å². The number of carboxylic acid groups (broad SMARTS) is 1. The first kappa shape index (κ1) is 11.0. The van der Waals surface area contributed by atoms with E-state index in [1.54, 1.807) is 13.8 Å². The second-order valence-electron chi connectivity index (χ2n) is 3.37. The zero-order valence-electron chi connectivity index (χ0n) is 7.80. The van der Waals surface area contributed by atoms with Crippen LogP contribution in [-0.4, -0.2) is 21.3 Å². The maximum Gasteiger partial charge on any atom is 0.311 e. The van der Waals surface area contributed by atoms with Crippen molar-refractivity contribution in [1.29, 1.82) is 0 Å². The average Bonchev–Trinajstić information content (AvgIpc) is 2.34.